The lowest BCUT2D eigenvalue weighted by Gasteiger charge is -2.21. The Hall–Kier alpha value is -2.34. The van der Waals surface area contributed by atoms with Crippen LogP contribution < -0.4 is 10.6 Å². The molecule has 0 bridgehead atoms. The van der Waals surface area contributed by atoms with Gasteiger partial charge in [0.1, 0.15) is 17.2 Å². The number of halogens is 1. The molecule has 1 aromatic heterocycles. The molecule has 1 saturated carbocycles. The Morgan fingerprint density at radius 1 is 1.39 bits per heavy atom. The first-order chi connectivity index (χ1) is 11.0. The maximum absolute atomic E-state index is 13.7. The monoisotopic (exact) mass is 318 g/mol. The van der Waals surface area contributed by atoms with Gasteiger partial charge in [0.05, 0.1) is 12.8 Å². The summed E-state index contributed by atoms with van der Waals surface area (Å²) in [5.74, 6) is 0.143. The van der Waals surface area contributed by atoms with Crippen LogP contribution in [0.1, 0.15) is 30.6 Å². The van der Waals surface area contributed by atoms with E-state index < -0.39 is 5.60 Å². The molecule has 1 fully saturated rings. The number of carbonyl (C=O) groups is 1. The predicted octanol–water partition coefficient (Wildman–Crippen LogP) is 2.48. The molecule has 3 N–H and O–H groups in total. The number of rotatable bonds is 5. The van der Waals surface area contributed by atoms with Gasteiger partial charge in [0, 0.05) is 12.0 Å². The molecule has 2 aromatic rings. The second-order valence-electron chi connectivity index (χ2n) is 6.05. The minimum atomic E-state index is -1.28. The summed E-state index contributed by atoms with van der Waals surface area (Å²) in [6.07, 6.45) is 2.18. The van der Waals surface area contributed by atoms with Crippen molar-refractivity contribution >= 4 is 6.03 Å². The smallest absolute Gasteiger partial charge is 0.315 e. The van der Waals surface area contributed by atoms with E-state index in [4.69, 9.17) is 4.42 Å². The molecule has 1 aliphatic carbocycles. The molecule has 3 atom stereocenters. The number of furan rings is 1. The van der Waals surface area contributed by atoms with E-state index in [2.05, 4.69) is 10.6 Å². The molecule has 2 amide bonds. The van der Waals surface area contributed by atoms with Crippen molar-refractivity contribution in [1.29, 1.82) is 0 Å². The first-order valence-corrected chi connectivity index (χ1v) is 7.52. The third-order valence-corrected chi connectivity index (χ3v) is 4.06. The molecule has 0 aliphatic heterocycles. The van der Waals surface area contributed by atoms with E-state index >= 15 is 0 Å². The lowest BCUT2D eigenvalue weighted by Crippen LogP contribution is -2.44. The van der Waals surface area contributed by atoms with Gasteiger partial charge in [-0.3, -0.25) is 0 Å². The summed E-state index contributed by atoms with van der Waals surface area (Å²) in [5, 5.41) is 15.7. The number of benzene rings is 1. The highest BCUT2D eigenvalue weighted by Gasteiger charge is 2.41. The van der Waals surface area contributed by atoms with Crippen LogP contribution >= 0.6 is 0 Å². The molecule has 1 heterocycles. The summed E-state index contributed by atoms with van der Waals surface area (Å²) in [5.41, 5.74) is -0.657. The van der Waals surface area contributed by atoms with Gasteiger partial charge in [0.25, 0.3) is 0 Å². The average molecular weight is 318 g/mol. The lowest BCUT2D eigenvalue weighted by atomic mass is 10.0. The Morgan fingerprint density at radius 2 is 2.17 bits per heavy atom. The number of amides is 2. The molecule has 1 aliphatic rings. The summed E-state index contributed by atoms with van der Waals surface area (Å²) in [4.78, 5) is 11.9. The van der Waals surface area contributed by atoms with Crippen LogP contribution in [-0.4, -0.2) is 23.7 Å². The first-order valence-electron chi connectivity index (χ1n) is 7.52. The molecule has 0 spiro atoms. The van der Waals surface area contributed by atoms with Crippen molar-refractivity contribution in [2.75, 3.05) is 6.54 Å². The molecule has 3 unspecified atom stereocenters. The van der Waals surface area contributed by atoms with Crippen LogP contribution in [0.3, 0.4) is 0 Å². The number of carbonyl (C=O) groups excluding carboxylic acids is 1. The number of aliphatic hydroxyl groups is 1. The van der Waals surface area contributed by atoms with Crippen LogP contribution in [0.2, 0.25) is 0 Å². The molecule has 122 valence electrons. The second kappa shape index (κ2) is 6.04. The zero-order chi connectivity index (χ0) is 16.4. The van der Waals surface area contributed by atoms with Gasteiger partial charge in [0.2, 0.25) is 0 Å². The molecule has 23 heavy (non-hydrogen) atoms. The number of hydrogen-bond donors (Lipinski definition) is 3. The zero-order valence-electron chi connectivity index (χ0n) is 12.8. The largest absolute Gasteiger partial charge is 0.466 e. The van der Waals surface area contributed by atoms with Crippen LogP contribution in [0.4, 0.5) is 9.18 Å². The topological polar surface area (TPSA) is 74.5 Å². The summed E-state index contributed by atoms with van der Waals surface area (Å²) < 4.78 is 18.8. The SMILES string of the molecule is CC(O)(CNC(=O)NC1CC1c1ccccc1F)c1ccco1. The van der Waals surface area contributed by atoms with E-state index in [9.17, 15) is 14.3 Å². The molecule has 6 heteroatoms. The Balaban J connectivity index is 1.49. The Kier molecular flexibility index (Phi) is 4.09. The van der Waals surface area contributed by atoms with Crippen molar-refractivity contribution in [2.45, 2.75) is 30.9 Å². The van der Waals surface area contributed by atoms with E-state index in [0.29, 0.717) is 17.7 Å². The van der Waals surface area contributed by atoms with Crippen molar-refractivity contribution in [2.24, 2.45) is 0 Å². The van der Waals surface area contributed by atoms with Gasteiger partial charge >= 0.3 is 6.03 Å². The number of nitrogens with one attached hydrogen (secondary N) is 2. The molecule has 0 radical (unpaired) electrons. The van der Waals surface area contributed by atoms with E-state index in [1.54, 1.807) is 37.3 Å². The molecule has 1 aromatic carbocycles. The first kappa shape index (κ1) is 15.6. The van der Waals surface area contributed by atoms with Crippen molar-refractivity contribution in [3.63, 3.8) is 0 Å². The highest BCUT2D eigenvalue weighted by Crippen LogP contribution is 2.41. The summed E-state index contributed by atoms with van der Waals surface area (Å²) in [7, 11) is 0. The summed E-state index contributed by atoms with van der Waals surface area (Å²) in [6, 6.07) is 9.44. The van der Waals surface area contributed by atoms with Crippen molar-refractivity contribution in [3.05, 3.63) is 59.8 Å². The van der Waals surface area contributed by atoms with Gasteiger partial charge < -0.3 is 20.2 Å². The number of urea groups is 1. The van der Waals surface area contributed by atoms with Crippen LogP contribution in [0.25, 0.3) is 0 Å². The van der Waals surface area contributed by atoms with Crippen molar-refractivity contribution in [3.8, 4) is 0 Å². The van der Waals surface area contributed by atoms with E-state index in [-0.39, 0.29) is 30.4 Å². The van der Waals surface area contributed by atoms with Gasteiger partial charge in [-0.25, -0.2) is 9.18 Å². The molecular formula is C17H19FN2O3. The van der Waals surface area contributed by atoms with Gasteiger partial charge in [-0.2, -0.15) is 0 Å². The normalized spacial score (nSPS) is 22.2. The van der Waals surface area contributed by atoms with E-state index in [0.717, 1.165) is 0 Å². The molecule has 0 saturated heterocycles. The third-order valence-electron chi connectivity index (χ3n) is 4.06. The maximum Gasteiger partial charge on any atom is 0.315 e. The fourth-order valence-electron chi connectivity index (χ4n) is 2.62. The average Bonchev–Trinajstić information content (AvgIpc) is 3.03. The van der Waals surface area contributed by atoms with Gasteiger partial charge in [0.15, 0.2) is 0 Å². The van der Waals surface area contributed by atoms with Crippen LogP contribution in [0.15, 0.2) is 47.1 Å². The second-order valence-corrected chi connectivity index (χ2v) is 6.05. The van der Waals surface area contributed by atoms with E-state index in [1.165, 1.54) is 12.3 Å². The Morgan fingerprint density at radius 3 is 2.87 bits per heavy atom. The third kappa shape index (κ3) is 3.53. The Bertz CT molecular complexity index is 685. The van der Waals surface area contributed by atoms with Crippen LogP contribution in [0.5, 0.6) is 0 Å². The summed E-state index contributed by atoms with van der Waals surface area (Å²) in [6.45, 7) is 1.58. The van der Waals surface area contributed by atoms with E-state index in [1.807, 2.05) is 0 Å². The van der Waals surface area contributed by atoms with Gasteiger partial charge in [-0.1, -0.05) is 18.2 Å². The summed E-state index contributed by atoms with van der Waals surface area (Å²) >= 11 is 0. The van der Waals surface area contributed by atoms with Crippen LogP contribution in [0, 0.1) is 5.82 Å². The fraction of sp³-hybridized carbons (Fsp3) is 0.353. The van der Waals surface area contributed by atoms with Gasteiger partial charge in [-0.05, 0) is 37.1 Å². The zero-order valence-corrected chi connectivity index (χ0v) is 12.8. The lowest BCUT2D eigenvalue weighted by molar-refractivity contribution is 0.0367. The van der Waals surface area contributed by atoms with Crippen molar-refractivity contribution < 1.29 is 18.7 Å². The fourth-order valence-corrected chi connectivity index (χ4v) is 2.62. The maximum atomic E-state index is 13.7. The van der Waals surface area contributed by atoms with Crippen molar-refractivity contribution in [1.82, 2.24) is 10.6 Å². The number of hydrogen-bond acceptors (Lipinski definition) is 3. The minimum absolute atomic E-state index is 0.00698. The highest BCUT2D eigenvalue weighted by molar-refractivity contribution is 5.75. The molecular weight excluding hydrogens is 299 g/mol. The van der Waals surface area contributed by atoms with Gasteiger partial charge in [-0.15, -0.1) is 0 Å². The quantitative estimate of drug-likeness (QED) is 0.793. The van der Waals surface area contributed by atoms with Crippen LogP contribution in [-0.2, 0) is 5.60 Å². The molecule has 5 nitrogen and oxygen atoms in total. The standard InChI is InChI=1S/C17H19FN2O3/c1-17(22,15-7-4-8-23-15)10-19-16(21)20-14-9-12(14)11-5-2-3-6-13(11)18/h2-8,12,14,22H,9-10H2,1H3,(H2,19,20,21). The highest BCUT2D eigenvalue weighted by atomic mass is 19.1. The predicted molar refractivity (Wildman–Crippen MR) is 82.4 cm³/mol. The Labute approximate surface area is 133 Å². The molecule has 3 rings (SSSR count). The minimum Gasteiger partial charge on any atom is -0.466 e.